The van der Waals surface area contributed by atoms with Gasteiger partial charge in [-0.2, -0.15) is 0 Å². The molecule has 0 saturated carbocycles. The minimum absolute atomic E-state index is 0.0126. The van der Waals surface area contributed by atoms with Crippen molar-refractivity contribution in [2.75, 3.05) is 13.2 Å². The lowest BCUT2D eigenvalue weighted by atomic mass is 9.78. The molecule has 0 aliphatic rings. The van der Waals surface area contributed by atoms with Gasteiger partial charge in [0.25, 0.3) is 0 Å². The van der Waals surface area contributed by atoms with Crippen LogP contribution in [0.4, 0.5) is 0 Å². The van der Waals surface area contributed by atoms with Gasteiger partial charge in [-0.25, -0.2) is 0 Å². The van der Waals surface area contributed by atoms with E-state index in [-0.39, 0.29) is 16.2 Å². The van der Waals surface area contributed by atoms with Crippen molar-refractivity contribution in [2.45, 2.75) is 132 Å². The zero-order valence-corrected chi connectivity index (χ0v) is 36.6. The highest BCUT2D eigenvalue weighted by molar-refractivity contribution is 7.41. The monoisotopic (exact) mass is 822 g/mol. The molecule has 0 saturated heterocycles. The molecule has 0 aliphatic heterocycles. The van der Waals surface area contributed by atoms with Gasteiger partial charge in [-0.15, -0.1) is 0 Å². The second-order valence-corrected chi connectivity index (χ2v) is 17.2. The summed E-state index contributed by atoms with van der Waals surface area (Å²) < 4.78 is 16.8. The molecule has 52 heavy (non-hydrogen) atoms. The van der Waals surface area contributed by atoms with Gasteiger partial charge in [-0.1, -0.05) is 81.7 Å². The van der Waals surface area contributed by atoms with Crippen molar-refractivity contribution in [1.82, 2.24) is 0 Å². The van der Waals surface area contributed by atoms with Gasteiger partial charge in [0.15, 0.2) is 0 Å². The molecule has 0 aromatic heterocycles. The van der Waals surface area contributed by atoms with E-state index in [1.165, 1.54) is 24.0 Å². The van der Waals surface area contributed by atoms with Gasteiger partial charge < -0.3 is 67.8 Å². The Morgan fingerprint density at radius 1 is 0.558 bits per heavy atom. The lowest BCUT2D eigenvalue weighted by Gasteiger charge is -2.28. The van der Waals surface area contributed by atoms with E-state index in [0.717, 1.165) is 28.7 Å². The van der Waals surface area contributed by atoms with Crippen LogP contribution in [-0.4, -0.2) is 67.5 Å². The molecule has 0 unspecified atom stereocenters. The summed E-state index contributed by atoms with van der Waals surface area (Å²) in [6, 6.07) is 8.14. The molecule has 306 valence electrons. The zero-order chi connectivity index (χ0) is 41.6. The molecule has 0 spiro atoms. The molecular weight excluding hydrogens is 756 g/mol. The van der Waals surface area contributed by atoms with Crippen LogP contribution < -0.4 is 0 Å². The van der Waals surface area contributed by atoms with Gasteiger partial charge >= 0.3 is 34.4 Å². The van der Waals surface area contributed by atoms with E-state index in [1.54, 1.807) is 0 Å². The molecule has 11 N–H and O–H groups in total. The SMILES string of the molecule is CCCCc1cc(C(C)(C)C)c(O)cc1C.CCOP(OCC)OCc1cc(C(C)(C)C)c(O)c(C(C)(C)C)c1.OP(O)O.OP(O)O.OP(O)O. The molecule has 0 radical (unpaired) electrons. The van der Waals surface area contributed by atoms with E-state index in [9.17, 15) is 10.2 Å². The van der Waals surface area contributed by atoms with Crippen LogP contribution in [0, 0.1) is 6.92 Å². The minimum Gasteiger partial charge on any atom is -0.508 e. The Morgan fingerprint density at radius 3 is 1.23 bits per heavy atom. The fourth-order valence-corrected chi connectivity index (χ4v) is 5.25. The summed E-state index contributed by atoms with van der Waals surface area (Å²) in [5, 5.41) is 20.7. The Kier molecular flexibility index (Phi) is 29.7. The molecule has 0 amide bonds. The molecule has 0 atom stereocenters. The lowest BCUT2D eigenvalue weighted by molar-refractivity contribution is 0.164. The Hall–Kier alpha value is -0.720. The maximum absolute atomic E-state index is 10.7. The van der Waals surface area contributed by atoms with E-state index in [1.807, 2.05) is 32.0 Å². The van der Waals surface area contributed by atoms with E-state index in [4.69, 9.17) is 57.6 Å². The number of aryl methyl sites for hydroxylation is 2. The van der Waals surface area contributed by atoms with Gasteiger partial charge in [0, 0.05) is 0 Å². The number of phenols is 2. The van der Waals surface area contributed by atoms with Crippen molar-refractivity contribution < 1.29 is 67.8 Å². The Labute approximate surface area is 316 Å². The third-order valence-electron chi connectivity index (χ3n) is 6.65. The summed E-state index contributed by atoms with van der Waals surface area (Å²) in [4.78, 5) is 65.1. The van der Waals surface area contributed by atoms with Crippen LogP contribution in [0.25, 0.3) is 0 Å². The van der Waals surface area contributed by atoms with Crippen molar-refractivity contribution in [1.29, 1.82) is 0 Å². The van der Waals surface area contributed by atoms with Crippen LogP contribution >= 0.6 is 34.4 Å². The number of rotatable bonds is 10. The average molecular weight is 823 g/mol. The van der Waals surface area contributed by atoms with Crippen LogP contribution in [0.5, 0.6) is 11.5 Å². The highest BCUT2D eigenvalue weighted by Gasteiger charge is 2.27. The molecule has 0 heterocycles. The topological polar surface area (TPSA) is 250 Å². The highest BCUT2D eigenvalue weighted by atomic mass is 31.2. The fourth-order valence-electron chi connectivity index (χ4n) is 4.35. The van der Waals surface area contributed by atoms with Gasteiger partial charge in [0.2, 0.25) is 0 Å². The van der Waals surface area contributed by atoms with Crippen LogP contribution in [-0.2, 0) is 42.8 Å². The summed E-state index contributed by atoms with van der Waals surface area (Å²) in [5.74, 6) is 0.820. The van der Waals surface area contributed by atoms with Crippen molar-refractivity contribution >= 4 is 34.4 Å². The van der Waals surface area contributed by atoms with Crippen LogP contribution in [0.15, 0.2) is 24.3 Å². The molecule has 2 aromatic carbocycles. The zero-order valence-electron chi connectivity index (χ0n) is 33.0. The van der Waals surface area contributed by atoms with E-state index < -0.39 is 34.4 Å². The largest absolute Gasteiger partial charge is 0.508 e. The van der Waals surface area contributed by atoms with Crippen molar-refractivity contribution in [3.05, 3.63) is 57.6 Å². The molecule has 18 heteroatoms. The molecule has 2 rings (SSSR count). The highest BCUT2D eigenvalue weighted by Crippen LogP contribution is 2.43. The van der Waals surface area contributed by atoms with Crippen molar-refractivity contribution in [2.24, 2.45) is 0 Å². The first-order valence-electron chi connectivity index (χ1n) is 16.5. The third-order valence-corrected chi connectivity index (χ3v) is 7.93. The second-order valence-electron chi connectivity index (χ2n) is 14.3. The van der Waals surface area contributed by atoms with E-state index >= 15 is 0 Å². The number of hydrogen-bond donors (Lipinski definition) is 11. The second kappa shape index (κ2) is 27.8. The molecule has 0 bridgehead atoms. The first kappa shape index (κ1) is 55.6. The maximum Gasteiger partial charge on any atom is 0.332 e. The number of aromatic hydroxyl groups is 2. The lowest BCUT2D eigenvalue weighted by Crippen LogP contribution is -2.18. The van der Waals surface area contributed by atoms with Gasteiger partial charge in [0.05, 0.1) is 19.8 Å². The van der Waals surface area contributed by atoms with Gasteiger partial charge in [0.1, 0.15) is 11.5 Å². The molecule has 0 fully saturated rings. The standard InChI is InChI=1S/C19H33O4P.C15H24O.3H3O3P/c1-9-21-24(22-10-2)23-13-14-11-15(18(3,4)5)17(20)16(12-14)19(6,7)8;1-6-7-8-12-10-13(15(3,4)5)14(16)9-11(12)2;3*1-4(2)3/h11-12,20H,9-10,13H2,1-8H3;9-10,16H,6-8H2,1-5H3;3*1-3H. The predicted octanol–water partition coefficient (Wildman–Crippen LogP) is 7.72. The quantitative estimate of drug-likeness (QED) is 0.103. The minimum atomic E-state index is -2.62. The van der Waals surface area contributed by atoms with E-state index in [2.05, 4.69) is 82.2 Å². The van der Waals surface area contributed by atoms with Crippen LogP contribution in [0.1, 0.15) is 129 Å². The Bertz CT molecular complexity index is 1160. The summed E-state index contributed by atoms with van der Waals surface area (Å²) in [6.45, 7) is 28.7. The van der Waals surface area contributed by atoms with Crippen LogP contribution in [0.3, 0.4) is 0 Å². The van der Waals surface area contributed by atoms with Gasteiger partial charge in [-0.05, 0) is 101 Å². The third kappa shape index (κ3) is 27.8. The normalized spacial score (nSPS) is 11.7. The van der Waals surface area contributed by atoms with Crippen LogP contribution in [0.2, 0.25) is 0 Å². The fraction of sp³-hybridized carbons (Fsp3) is 0.647. The summed E-state index contributed by atoms with van der Waals surface area (Å²) in [5.41, 5.74) is 6.26. The van der Waals surface area contributed by atoms with Crippen molar-refractivity contribution in [3.8, 4) is 11.5 Å². The molecule has 0 aliphatic carbocycles. The summed E-state index contributed by atoms with van der Waals surface area (Å²) in [7, 11) is -9.19. The summed E-state index contributed by atoms with van der Waals surface area (Å²) >= 11 is 0. The van der Waals surface area contributed by atoms with Crippen molar-refractivity contribution in [3.63, 3.8) is 0 Å². The number of hydrogen-bond acceptors (Lipinski definition) is 14. The Balaban J connectivity index is -0.000000730. The smallest absolute Gasteiger partial charge is 0.332 e. The first-order valence-corrected chi connectivity index (χ1v) is 21.2. The summed E-state index contributed by atoms with van der Waals surface area (Å²) in [6.07, 6.45) is 3.55. The number of phenolic OH excluding ortho intramolecular Hbond substituents is 2. The number of unbranched alkanes of at least 4 members (excludes halogenated alkanes) is 1. The maximum atomic E-state index is 10.7. The Morgan fingerprint density at radius 2 is 0.923 bits per heavy atom. The first-order chi connectivity index (χ1) is 23.6. The number of benzene rings is 2. The molecular formula is C34H66O14P4. The van der Waals surface area contributed by atoms with Gasteiger partial charge in [-0.3, -0.25) is 0 Å². The predicted molar refractivity (Wildman–Crippen MR) is 211 cm³/mol. The van der Waals surface area contributed by atoms with E-state index in [0.29, 0.717) is 31.3 Å². The molecule has 14 nitrogen and oxygen atoms in total. The molecule has 2 aromatic rings. The average Bonchev–Trinajstić information content (AvgIpc) is 2.94.